The molecule has 0 bridgehead atoms. The Morgan fingerprint density at radius 2 is 1.85 bits per heavy atom. The van der Waals surface area contributed by atoms with Crippen LogP contribution in [-0.2, 0) is 4.74 Å². The Kier molecular flexibility index (Phi) is 10.1. The molecule has 5 heteroatoms. The van der Waals surface area contributed by atoms with Crippen LogP contribution in [0.2, 0.25) is 0 Å². The first-order valence-corrected chi connectivity index (χ1v) is 10.6. The summed E-state index contributed by atoms with van der Waals surface area (Å²) in [4.78, 5) is 14.6. The summed E-state index contributed by atoms with van der Waals surface area (Å²) in [6, 6.07) is 7.55. The van der Waals surface area contributed by atoms with Crippen LogP contribution in [0.15, 0.2) is 24.3 Å². The fraction of sp³-hybridized carbons (Fsp3) is 0.682. The third-order valence-electron chi connectivity index (χ3n) is 4.90. The number of nitrogens with one attached hydrogen (secondary N) is 1. The van der Waals surface area contributed by atoms with Crippen molar-refractivity contribution >= 4 is 11.8 Å². The lowest BCUT2D eigenvalue weighted by Crippen LogP contribution is -2.37. The van der Waals surface area contributed by atoms with E-state index in [0.29, 0.717) is 18.0 Å². The monoisotopic (exact) mass is 376 g/mol. The minimum atomic E-state index is -0.418. The van der Waals surface area contributed by atoms with Crippen molar-refractivity contribution in [2.24, 2.45) is 0 Å². The number of para-hydroxylation sites is 2. The van der Waals surface area contributed by atoms with Crippen molar-refractivity contribution in [3.63, 3.8) is 0 Å². The summed E-state index contributed by atoms with van der Waals surface area (Å²) in [6.45, 7) is 7.83. The number of unbranched alkanes of at least 4 members (excludes halogenated alkanes) is 4. The fourth-order valence-corrected chi connectivity index (χ4v) is 3.45. The van der Waals surface area contributed by atoms with Crippen LogP contribution in [0.4, 0.5) is 10.5 Å². The molecule has 152 valence electrons. The molecule has 1 aromatic rings. The van der Waals surface area contributed by atoms with Gasteiger partial charge in [0.1, 0.15) is 11.9 Å². The molecule has 1 unspecified atom stereocenters. The van der Waals surface area contributed by atoms with Crippen LogP contribution in [0.3, 0.4) is 0 Å². The lowest BCUT2D eigenvalue weighted by atomic mass is 10.1. The van der Waals surface area contributed by atoms with E-state index in [1.54, 1.807) is 0 Å². The number of benzene rings is 1. The summed E-state index contributed by atoms with van der Waals surface area (Å²) >= 11 is 0. The van der Waals surface area contributed by atoms with E-state index >= 15 is 0 Å². The molecule has 1 aliphatic heterocycles. The zero-order valence-corrected chi connectivity index (χ0v) is 17.0. The molecule has 1 saturated heterocycles. The standard InChI is InChI=1S/C22H36N2O3/c1-3-4-5-6-12-17-26-21-14-9-8-13-20(21)23-22(25)27-19(2)18-24-15-10-7-11-16-24/h8-9,13-14,19H,3-7,10-12,15-18H2,1-2H3,(H,23,25). The first kappa shape index (κ1) is 21.5. The van der Waals surface area contributed by atoms with Gasteiger partial charge in [0.15, 0.2) is 0 Å². The molecule has 1 N–H and O–H groups in total. The Morgan fingerprint density at radius 1 is 1.11 bits per heavy atom. The van der Waals surface area contributed by atoms with E-state index in [1.807, 2.05) is 31.2 Å². The van der Waals surface area contributed by atoms with Gasteiger partial charge in [-0.2, -0.15) is 0 Å². The number of anilines is 1. The van der Waals surface area contributed by atoms with Crippen LogP contribution in [0.5, 0.6) is 5.75 Å². The molecule has 1 atom stereocenters. The second-order valence-corrected chi connectivity index (χ2v) is 7.46. The van der Waals surface area contributed by atoms with E-state index < -0.39 is 6.09 Å². The predicted octanol–water partition coefficient (Wildman–Crippen LogP) is 5.46. The van der Waals surface area contributed by atoms with E-state index in [4.69, 9.17) is 9.47 Å². The number of hydrogen-bond donors (Lipinski definition) is 1. The average Bonchev–Trinajstić information content (AvgIpc) is 2.66. The van der Waals surface area contributed by atoms with Gasteiger partial charge in [0.05, 0.1) is 12.3 Å². The van der Waals surface area contributed by atoms with Crippen molar-refractivity contribution in [1.29, 1.82) is 0 Å². The summed E-state index contributed by atoms with van der Waals surface area (Å²) in [7, 11) is 0. The van der Waals surface area contributed by atoms with Gasteiger partial charge in [-0.15, -0.1) is 0 Å². The Labute approximate surface area is 164 Å². The third kappa shape index (κ3) is 8.65. The summed E-state index contributed by atoms with van der Waals surface area (Å²) in [5.74, 6) is 0.702. The molecule has 0 aromatic heterocycles. The number of ether oxygens (including phenoxy) is 2. The number of nitrogens with zero attached hydrogens (tertiary/aromatic N) is 1. The largest absolute Gasteiger partial charge is 0.491 e. The molecule has 5 nitrogen and oxygen atoms in total. The van der Waals surface area contributed by atoms with Gasteiger partial charge in [-0.25, -0.2) is 4.79 Å². The van der Waals surface area contributed by atoms with Gasteiger partial charge < -0.3 is 9.47 Å². The Morgan fingerprint density at radius 3 is 2.63 bits per heavy atom. The van der Waals surface area contributed by atoms with Crippen molar-refractivity contribution in [3.05, 3.63) is 24.3 Å². The van der Waals surface area contributed by atoms with Gasteiger partial charge in [0, 0.05) is 6.54 Å². The summed E-state index contributed by atoms with van der Waals surface area (Å²) in [6.07, 6.45) is 9.22. The molecular formula is C22H36N2O3. The summed E-state index contributed by atoms with van der Waals surface area (Å²) in [5.41, 5.74) is 0.668. The predicted molar refractivity (Wildman–Crippen MR) is 111 cm³/mol. The van der Waals surface area contributed by atoms with Gasteiger partial charge in [-0.3, -0.25) is 10.2 Å². The molecule has 1 aliphatic rings. The highest BCUT2D eigenvalue weighted by Crippen LogP contribution is 2.24. The molecule has 0 radical (unpaired) electrons. The van der Waals surface area contributed by atoms with Crippen molar-refractivity contribution in [2.75, 3.05) is 31.6 Å². The number of carbonyl (C=O) groups is 1. The van der Waals surface area contributed by atoms with Crippen molar-refractivity contribution in [3.8, 4) is 5.75 Å². The number of piperidine rings is 1. The molecule has 1 fully saturated rings. The molecule has 1 aromatic carbocycles. The highest BCUT2D eigenvalue weighted by Gasteiger charge is 2.17. The van der Waals surface area contributed by atoms with Gasteiger partial charge >= 0.3 is 6.09 Å². The molecule has 27 heavy (non-hydrogen) atoms. The Balaban J connectivity index is 1.73. The van der Waals surface area contributed by atoms with Crippen LogP contribution in [-0.4, -0.2) is 43.3 Å². The minimum absolute atomic E-state index is 0.130. The van der Waals surface area contributed by atoms with Crippen molar-refractivity contribution < 1.29 is 14.3 Å². The second kappa shape index (κ2) is 12.6. The summed E-state index contributed by atoms with van der Waals surface area (Å²) < 4.78 is 11.4. The average molecular weight is 377 g/mol. The quantitative estimate of drug-likeness (QED) is 0.521. The smallest absolute Gasteiger partial charge is 0.412 e. The van der Waals surface area contributed by atoms with E-state index in [1.165, 1.54) is 44.9 Å². The zero-order valence-electron chi connectivity index (χ0n) is 17.0. The molecule has 2 rings (SSSR count). The Hall–Kier alpha value is -1.75. The maximum absolute atomic E-state index is 12.3. The fourth-order valence-electron chi connectivity index (χ4n) is 3.45. The topological polar surface area (TPSA) is 50.8 Å². The van der Waals surface area contributed by atoms with E-state index in [9.17, 15) is 4.79 Å². The maximum Gasteiger partial charge on any atom is 0.412 e. The SMILES string of the molecule is CCCCCCCOc1ccccc1NC(=O)OC(C)CN1CCCCC1. The number of carbonyl (C=O) groups excluding carboxylic acids is 1. The Bertz CT molecular complexity index is 544. The maximum atomic E-state index is 12.3. The van der Waals surface area contributed by atoms with E-state index in [0.717, 1.165) is 26.1 Å². The summed E-state index contributed by atoms with van der Waals surface area (Å²) in [5, 5.41) is 2.84. The highest BCUT2D eigenvalue weighted by atomic mass is 16.6. The highest BCUT2D eigenvalue weighted by molar-refractivity contribution is 5.86. The number of hydrogen-bond acceptors (Lipinski definition) is 4. The van der Waals surface area contributed by atoms with Crippen LogP contribution >= 0.6 is 0 Å². The van der Waals surface area contributed by atoms with Gasteiger partial charge in [0.2, 0.25) is 0 Å². The number of rotatable bonds is 11. The molecule has 0 saturated carbocycles. The van der Waals surface area contributed by atoms with E-state index in [-0.39, 0.29) is 6.10 Å². The molecule has 0 aliphatic carbocycles. The lowest BCUT2D eigenvalue weighted by Gasteiger charge is -2.28. The number of likely N-dealkylation sites (tertiary alicyclic amines) is 1. The lowest BCUT2D eigenvalue weighted by molar-refractivity contribution is 0.0832. The van der Waals surface area contributed by atoms with Crippen LogP contribution in [0.1, 0.15) is 65.2 Å². The van der Waals surface area contributed by atoms with Crippen LogP contribution in [0, 0.1) is 0 Å². The van der Waals surface area contributed by atoms with Crippen LogP contribution < -0.4 is 10.1 Å². The van der Waals surface area contributed by atoms with Gasteiger partial charge in [-0.1, -0.05) is 51.2 Å². The van der Waals surface area contributed by atoms with Crippen LogP contribution in [0.25, 0.3) is 0 Å². The molecule has 1 heterocycles. The van der Waals surface area contributed by atoms with Gasteiger partial charge in [0.25, 0.3) is 0 Å². The molecule has 0 spiro atoms. The molecular weight excluding hydrogens is 340 g/mol. The third-order valence-corrected chi connectivity index (χ3v) is 4.90. The van der Waals surface area contributed by atoms with Gasteiger partial charge in [-0.05, 0) is 51.4 Å². The van der Waals surface area contributed by atoms with Crippen molar-refractivity contribution in [2.45, 2.75) is 71.3 Å². The normalized spacial score (nSPS) is 15.9. The van der Waals surface area contributed by atoms with E-state index in [2.05, 4.69) is 17.1 Å². The minimum Gasteiger partial charge on any atom is -0.491 e. The number of amides is 1. The van der Waals surface area contributed by atoms with Crippen molar-refractivity contribution in [1.82, 2.24) is 4.90 Å². The first-order chi connectivity index (χ1) is 13.2. The second-order valence-electron chi connectivity index (χ2n) is 7.46. The zero-order chi connectivity index (χ0) is 19.3. The first-order valence-electron chi connectivity index (χ1n) is 10.6. The molecule has 1 amide bonds.